The van der Waals surface area contributed by atoms with Crippen molar-refractivity contribution < 1.29 is 0 Å². The van der Waals surface area contributed by atoms with Crippen LogP contribution in [0.4, 0.5) is 0 Å². The summed E-state index contributed by atoms with van der Waals surface area (Å²) in [6.07, 6.45) is 20.3. The van der Waals surface area contributed by atoms with Crippen molar-refractivity contribution in [2.75, 3.05) is 0 Å². The number of rotatable bonds is 7. The molecule has 15 rings (SSSR count). The molecule has 0 aliphatic heterocycles. The van der Waals surface area contributed by atoms with E-state index in [1.165, 1.54) is 200 Å². The van der Waals surface area contributed by atoms with E-state index in [0.717, 1.165) is 0 Å². The molecular formula is C80H68. The number of hydrogen-bond donors (Lipinski definition) is 0. The number of hydrogen-bond acceptors (Lipinski definition) is 0. The molecule has 80 heavy (non-hydrogen) atoms. The highest BCUT2D eigenvalue weighted by Crippen LogP contribution is 2.58. The molecule has 0 radical (unpaired) electrons. The van der Waals surface area contributed by atoms with E-state index in [1.54, 1.807) is 22.3 Å². The molecule has 0 unspecified atom stereocenters. The van der Waals surface area contributed by atoms with Gasteiger partial charge in [0, 0.05) is 10.8 Å². The molecule has 0 nitrogen and oxygen atoms in total. The summed E-state index contributed by atoms with van der Waals surface area (Å²) in [7, 11) is 0. The zero-order valence-electron chi connectivity index (χ0n) is 46.0. The third-order valence-electron chi connectivity index (χ3n) is 19.4. The Morgan fingerprint density at radius 3 is 1.06 bits per heavy atom. The van der Waals surface area contributed by atoms with Gasteiger partial charge in [-0.25, -0.2) is 0 Å². The SMILES string of the molecule is C(=C(c1ccccc1)c1ccccc1)c1ccc(-c2c3ccccc3c(-c3cc(-c4ccc5c(c4)C4(CCCCCCC4)c4ccccc4-5)cc(-c4ccc5c(c4)C4(CCCCCCC4)c4ccccc4-5)c3)c3ccccc23)cc1. The first kappa shape index (κ1) is 48.8. The van der Waals surface area contributed by atoms with Gasteiger partial charge in [-0.2, -0.15) is 0 Å². The van der Waals surface area contributed by atoms with Crippen molar-refractivity contribution in [1.82, 2.24) is 0 Å². The van der Waals surface area contributed by atoms with Crippen LogP contribution in [-0.4, -0.2) is 0 Å². The first-order valence-electron chi connectivity index (χ1n) is 30.2. The lowest BCUT2D eigenvalue weighted by Gasteiger charge is -2.34. The summed E-state index contributed by atoms with van der Waals surface area (Å²) >= 11 is 0. The minimum Gasteiger partial charge on any atom is -0.0622 e. The van der Waals surface area contributed by atoms with Crippen molar-refractivity contribution in [2.24, 2.45) is 0 Å². The van der Waals surface area contributed by atoms with Gasteiger partial charge in [0.2, 0.25) is 0 Å². The van der Waals surface area contributed by atoms with Gasteiger partial charge in [0.25, 0.3) is 0 Å². The first-order valence-corrected chi connectivity index (χ1v) is 30.2. The standard InChI is InChI=1S/C80H68/c1-3-21-45-79(46-22-4-1)73-35-19-17-29-64(73)66-43-41-59(53-75(66)79)61-50-62(60-42-44-67-65-30-18-20-36-74(65)80(76(67)54-60)47-23-5-2-6-24-48-80)52-63(51-61)78-70-33-15-13-31-68(70)77(69-32-14-16-34-71(69)78)58-39-37-55(38-40-58)49-72(56-25-9-7-10-26-56)57-27-11-8-12-28-57/h7-20,25-44,49-54H,1-6,21-24,45-48H2. The normalized spacial score (nSPS) is 16.0. The molecule has 0 saturated heterocycles. The molecule has 0 atom stereocenters. The Balaban J connectivity index is 0.923. The van der Waals surface area contributed by atoms with E-state index < -0.39 is 0 Å². The third kappa shape index (κ3) is 8.24. The van der Waals surface area contributed by atoms with E-state index in [2.05, 4.69) is 243 Å². The predicted molar refractivity (Wildman–Crippen MR) is 340 cm³/mol. The Bertz CT molecular complexity index is 3920. The van der Waals surface area contributed by atoms with Crippen molar-refractivity contribution in [3.8, 4) is 66.8 Å². The van der Waals surface area contributed by atoms with E-state index in [4.69, 9.17) is 0 Å². The molecule has 2 spiro atoms. The van der Waals surface area contributed by atoms with Crippen LogP contribution >= 0.6 is 0 Å². The highest BCUT2D eigenvalue weighted by atomic mass is 14.5. The second kappa shape index (κ2) is 20.4. The van der Waals surface area contributed by atoms with E-state index >= 15 is 0 Å². The minimum absolute atomic E-state index is 0.0481. The van der Waals surface area contributed by atoms with Crippen molar-refractivity contribution in [2.45, 2.75) is 101 Å². The molecule has 0 heteroatoms. The van der Waals surface area contributed by atoms with Crippen LogP contribution in [0.5, 0.6) is 0 Å². The molecule has 0 N–H and O–H groups in total. The Hall–Kier alpha value is -8.32. The molecule has 0 aromatic heterocycles. The molecule has 388 valence electrons. The molecule has 0 amide bonds. The van der Waals surface area contributed by atoms with E-state index in [-0.39, 0.29) is 10.8 Å². The molecule has 11 aromatic rings. The maximum atomic E-state index is 2.64. The molecule has 0 heterocycles. The van der Waals surface area contributed by atoms with Crippen LogP contribution in [-0.2, 0) is 10.8 Å². The maximum Gasteiger partial charge on any atom is 0.0215 e. The molecule has 4 aliphatic rings. The molecule has 2 fully saturated rings. The van der Waals surface area contributed by atoms with Gasteiger partial charge in [-0.1, -0.05) is 270 Å². The third-order valence-corrected chi connectivity index (χ3v) is 19.4. The highest BCUT2D eigenvalue weighted by Gasteiger charge is 2.44. The summed E-state index contributed by atoms with van der Waals surface area (Å²) in [6.45, 7) is 0. The lowest BCUT2D eigenvalue weighted by molar-refractivity contribution is 0.373. The molecule has 0 bridgehead atoms. The zero-order chi connectivity index (χ0) is 53.0. The average Bonchev–Trinajstić information content (AvgIpc) is 3.99. The highest BCUT2D eigenvalue weighted by molar-refractivity contribution is 6.21. The van der Waals surface area contributed by atoms with Crippen molar-refractivity contribution in [3.63, 3.8) is 0 Å². The summed E-state index contributed by atoms with van der Waals surface area (Å²) in [5.74, 6) is 0. The average molecular weight is 1030 g/mol. The first-order chi connectivity index (χ1) is 39.6. The lowest BCUT2D eigenvalue weighted by atomic mass is 9.69. The predicted octanol–water partition coefficient (Wildman–Crippen LogP) is 22.3. The summed E-state index contributed by atoms with van der Waals surface area (Å²) < 4.78 is 0. The summed E-state index contributed by atoms with van der Waals surface area (Å²) in [6, 6.07) is 90.9. The topological polar surface area (TPSA) is 0 Å². The molecule has 4 aliphatic carbocycles. The van der Waals surface area contributed by atoms with Gasteiger partial charge in [-0.15, -0.1) is 0 Å². The monoisotopic (exact) mass is 1030 g/mol. The second-order valence-corrected chi connectivity index (χ2v) is 23.9. The largest absolute Gasteiger partial charge is 0.0622 e. The van der Waals surface area contributed by atoms with Crippen molar-refractivity contribution in [1.29, 1.82) is 0 Å². The summed E-state index contributed by atoms with van der Waals surface area (Å²) in [4.78, 5) is 0. The smallest absolute Gasteiger partial charge is 0.0215 e. The number of fused-ring (bicyclic) bond motifs is 12. The molecular weight excluding hydrogens is 961 g/mol. The van der Waals surface area contributed by atoms with Crippen LogP contribution in [0.15, 0.2) is 237 Å². The zero-order valence-corrected chi connectivity index (χ0v) is 46.0. The molecule has 2 saturated carbocycles. The van der Waals surface area contributed by atoms with Gasteiger partial charge in [-0.3, -0.25) is 0 Å². The Morgan fingerprint density at radius 1 is 0.263 bits per heavy atom. The van der Waals surface area contributed by atoms with Gasteiger partial charge in [-0.05, 0) is 195 Å². The van der Waals surface area contributed by atoms with E-state index in [9.17, 15) is 0 Å². The Kier molecular flexibility index (Phi) is 12.4. The quantitative estimate of drug-likeness (QED) is 0.110. The van der Waals surface area contributed by atoms with Gasteiger partial charge in [0.05, 0.1) is 0 Å². The van der Waals surface area contributed by atoms with Crippen LogP contribution in [0.25, 0.3) is 100.0 Å². The van der Waals surface area contributed by atoms with Gasteiger partial charge >= 0.3 is 0 Å². The molecule has 11 aromatic carbocycles. The van der Waals surface area contributed by atoms with Crippen LogP contribution in [0.3, 0.4) is 0 Å². The van der Waals surface area contributed by atoms with Gasteiger partial charge in [0.1, 0.15) is 0 Å². The second-order valence-electron chi connectivity index (χ2n) is 23.9. The fourth-order valence-electron chi connectivity index (χ4n) is 15.7. The van der Waals surface area contributed by atoms with Crippen LogP contribution in [0.1, 0.15) is 129 Å². The van der Waals surface area contributed by atoms with Crippen LogP contribution in [0.2, 0.25) is 0 Å². The van der Waals surface area contributed by atoms with Crippen LogP contribution in [0, 0.1) is 0 Å². The Morgan fingerprint density at radius 2 is 0.613 bits per heavy atom. The Labute approximate surface area is 473 Å². The fraction of sp³-hybridized carbons (Fsp3) is 0.200. The maximum absolute atomic E-state index is 2.64. The van der Waals surface area contributed by atoms with Gasteiger partial charge in [0.15, 0.2) is 0 Å². The van der Waals surface area contributed by atoms with Crippen molar-refractivity contribution >= 4 is 33.2 Å². The fourth-order valence-corrected chi connectivity index (χ4v) is 15.7. The minimum atomic E-state index is 0.0481. The van der Waals surface area contributed by atoms with Crippen molar-refractivity contribution in [3.05, 3.63) is 276 Å². The summed E-state index contributed by atoms with van der Waals surface area (Å²) in [5, 5.41) is 5.10. The number of benzene rings is 11. The van der Waals surface area contributed by atoms with Crippen LogP contribution < -0.4 is 0 Å². The summed E-state index contributed by atoms with van der Waals surface area (Å²) in [5.41, 5.74) is 27.1. The van der Waals surface area contributed by atoms with E-state index in [1.807, 2.05) is 0 Å². The van der Waals surface area contributed by atoms with Gasteiger partial charge < -0.3 is 0 Å². The van der Waals surface area contributed by atoms with E-state index in [0.29, 0.717) is 0 Å². The lowest BCUT2D eigenvalue weighted by Crippen LogP contribution is -2.26.